The highest BCUT2D eigenvalue weighted by Gasteiger charge is 2.19. The number of aliphatic hydroxyl groups excluding tert-OH is 1. The summed E-state index contributed by atoms with van der Waals surface area (Å²) in [6, 6.07) is 10.5. The van der Waals surface area contributed by atoms with Crippen molar-refractivity contribution in [3.05, 3.63) is 30.3 Å². The Morgan fingerprint density at radius 2 is 1.84 bits per heavy atom. The molecule has 1 aliphatic heterocycles. The molecule has 1 atom stereocenters. The SMILES string of the molecule is CCOCC(O)CN1CCN(c2ccccc2)CC1. The molecule has 1 aliphatic rings. The smallest absolute Gasteiger partial charge is 0.0900 e. The fourth-order valence-electron chi connectivity index (χ4n) is 2.43. The minimum absolute atomic E-state index is 0.372. The molecule has 0 aromatic heterocycles. The van der Waals surface area contributed by atoms with Crippen LogP contribution in [-0.2, 0) is 4.74 Å². The van der Waals surface area contributed by atoms with Gasteiger partial charge in [-0.3, -0.25) is 4.90 Å². The van der Waals surface area contributed by atoms with E-state index in [1.54, 1.807) is 0 Å². The van der Waals surface area contributed by atoms with E-state index in [-0.39, 0.29) is 6.10 Å². The van der Waals surface area contributed by atoms with Crippen molar-refractivity contribution in [3.63, 3.8) is 0 Å². The van der Waals surface area contributed by atoms with Crippen LogP contribution >= 0.6 is 0 Å². The first-order chi connectivity index (χ1) is 9.29. The van der Waals surface area contributed by atoms with Gasteiger partial charge in [0.1, 0.15) is 0 Å². The van der Waals surface area contributed by atoms with E-state index in [9.17, 15) is 5.11 Å². The van der Waals surface area contributed by atoms with Gasteiger partial charge < -0.3 is 14.7 Å². The van der Waals surface area contributed by atoms with E-state index in [1.165, 1.54) is 5.69 Å². The molecule has 4 heteroatoms. The van der Waals surface area contributed by atoms with E-state index in [2.05, 4.69) is 34.1 Å². The van der Waals surface area contributed by atoms with Crippen molar-refractivity contribution in [2.24, 2.45) is 0 Å². The molecule has 0 amide bonds. The van der Waals surface area contributed by atoms with Gasteiger partial charge >= 0.3 is 0 Å². The van der Waals surface area contributed by atoms with Crippen LogP contribution in [0.15, 0.2) is 30.3 Å². The Kier molecular flexibility index (Phi) is 5.63. The zero-order chi connectivity index (χ0) is 13.5. The number of rotatable bonds is 6. The summed E-state index contributed by atoms with van der Waals surface area (Å²) in [6.07, 6.45) is -0.372. The van der Waals surface area contributed by atoms with Gasteiger partial charge in [0.15, 0.2) is 0 Å². The van der Waals surface area contributed by atoms with Gasteiger partial charge in [0.05, 0.1) is 12.7 Å². The molecule has 0 bridgehead atoms. The van der Waals surface area contributed by atoms with E-state index >= 15 is 0 Å². The Morgan fingerprint density at radius 1 is 1.16 bits per heavy atom. The normalized spacial score (nSPS) is 18.5. The van der Waals surface area contributed by atoms with Crippen LogP contribution in [0.4, 0.5) is 5.69 Å². The highest BCUT2D eigenvalue weighted by Crippen LogP contribution is 2.15. The molecule has 1 N–H and O–H groups in total. The number of para-hydroxylation sites is 1. The summed E-state index contributed by atoms with van der Waals surface area (Å²) in [5.41, 5.74) is 1.29. The van der Waals surface area contributed by atoms with E-state index in [4.69, 9.17) is 4.74 Å². The number of nitrogens with zero attached hydrogens (tertiary/aromatic N) is 2. The van der Waals surface area contributed by atoms with Crippen molar-refractivity contribution in [2.75, 3.05) is 50.8 Å². The number of β-amino-alcohol motifs (C(OH)–C–C–N with tert-alkyl or cyclic N) is 1. The predicted octanol–water partition coefficient (Wildman–Crippen LogP) is 1.21. The Labute approximate surface area is 115 Å². The highest BCUT2D eigenvalue weighted by atomic mass is 16.5. The fraction of sp³-hybridized carbons (Fsp3) is 0.600. The highest BCUT2D eigenvalue weighted by molar-refractivity contribution is 5.46. The summed E-state index contributed by atoms with van der Waals surface area (Å²) in [7, 11) is 0. The van der Waals surface area contributed by atoms with Gasteiger partial charge in [0, 0.05) is 45.0 Å². The van der Waals surface area contributed by atoms with Gasteiger partial charge in [-0.05, 0) is 19.1 Å². The second kappa shape index (κ2) is 7.48. The standard InChI is InChI=1S/C15H24N2O2/c1-2-19-13-15(18)12-16-8-10-17(11-9-16)14-6-4-3-5-7-14/h3-7,15,18H,2,8-13H2,1H3. The molecule has 0 spiro atoms. The lowest BCUT2D eigenvalue weighted by Gasteiger charge is -2.36. The molecule has 1 saturated heterocycles. The third kappa shape index (κ3) is 4.49. The average molecular weight is 264 g/mol. The van der Waals surface area contributed by atoms with Crippen molar-refractivity contribution in [2.45, 2.75) is 13.0 Å². The topological polar surface area (TPSA) is 35.9 Å². The van der Waals surface area contributed by atoms with Crippen LogP contribution in [0.3, 0.4) is 0 Å². The van der Waals surface area contributed by atoms with E-state index in [1.807, 2.05) is 13.0 Å². The van der Waals surface area contributed by atoms with E-state index in [0.29, 0.717) is 19.8 Å². The summed E-state index contributed by atoms with van der Waals surface area (Å²) >= 11 is 0. The second-order valence-electron chi connectivity index (χ2n) is 4.94. The van der Waals surface area contributed by atoms with Gasteiger partial charge in [-0.25, -0.2) is 0 Å². The molecule has 0 radical (unpaired) electrons. The van der Waals surface area contributed by atoms with Crippen LogP contribution < -0.4 is 4.90 Å². The molecular weight excluding hydrogens is 240 g/mol. The first kappa shape index (κ1) is 14.3. The summed E-state index contributed by atoms with van der Waals surface area (Å²) in [5.74, 6) is 0. The van der Waals surface area contributed by atoms with Crippen LogP contribution in [0.1, 0.15) is 6.92 Å². The maximum absolute atomic E-state index is 9.84. The van der Waals surface area contributed by atoms with Crippen molar-refractivity contribution < 1.29 is 9.84 Å². The minimum Gasteiger partial charge on any atom is -0.389 e. The molecule has 1 fully saturated rings. The number of piperazine rings is 1. The molecular formula is C15H24N2O2. The Bertz CT molecular complexity index is 350. The van der Waals surface area contributed by atoms with E-state index < -0.39 is 0 Å². The zero-order valence-electron chi connectivity index (χ0n) is 11.7. The van der Waals surface area contributed by atoms with Crippen LogP contribution in [-0.4, -0.2) is 62.0 Å². The molecule has 0 aliphatic carbocycles. The second-order valence-corrected chi connectivity index (χ2v) is 4.94. The maximum atomic E-state index is 9.84. The first-order valence-electron chi connectivity index (χ1n) is 7.07. The lowest BCUT2D eigenvalue weighted by atomic mass is 10.2. The molecule has 1 unspecified atom stereocenters. The largest absolute Gasteiger partial charge is 0.389 e. The molecule has 1 heterocycles. The number of anilines is 1. The summed E-state index contributed by atoms with van der Waals surface area (Å²) in [4.78, 5) is 4.70. The van der Waals surface area contributed by atoms with Gasteiger partial charge in [-0.2, -0.15) is 0 Å². The van der Waals surface area contributed by atoms with Crippen LogP contribution in [0.2, 0.25) is 0 Å². The van der Waals surface area contributed by atoms with Gasteiger partial charge in [0.2, 0.25) is 0 Å². The van der Waals surface area contributed by atoms with Gasteiger partial charge in [0.25, 0.3) is 0 Å². The van der Waals surface area contributed by atoms with Crippen molar-refractivity contribution >= 4 is 5.69 Å². The number of hydrogen-bond donors (Lipinski definition) is 1. The molecule has 4 nitrogen and oxygen atoms in total. The molecule has 1 aromatic carbocycles. The zero-order valence-corrected chi connectivity index (χ0v) is 11.7. The van der Waals surface area contributed by atoms with E-state index in [0.717, 1.165) is 26.2 Å². The molecule has 19 heavy (non-hydrogen) atoms. The molecule has 1 aromatic rings. The number of hydrogen-bond acceptors (Lipinski definition) is 4. The Balaban J connectivity index is 1.73. The molecule has 0 saturated carbocycles. The average Bonchev–Trinajstić information content (AvgIpc) is 2.47. The third-order valence-electron chi connectivity index (χ3n) is 3.48. The van der Waals surface area contributed by atoms with Crippen LogP contribution in [0.25, 0.3) is 0 Å². The quantitative estimate of drug-likeness (QED) is 0.838. The summed E-state index contributed by atoms with van der Waals surface area (Å²) in [5, 5.41) is 9.84. The lowest BCUT2D eigenvalue weighted by Crippen LogP contribution is -2.49. The van der Waals surface area contributed by atoms with Gasteiger partial charge in [-0.1, -0.05) is 18.2 Å². The van der Waals surface area contributed by atoms with Crippen LogP contribution in [0, 0.1) is 0 Å². The third-order valence-corrected chi connectivity index (χ3v) is 3.48. The monoisotopic (exact) mass is 264 g/mol. The Morgan fingerprint density at radius 3 is 2.47 bits per heavy atom. The maximum Gasteiger partial charge on any atom is 0.0900 e. The summed E-state index contributed by atoms with van der Waals surface area (Å²) in [6.45, 7) is 7.80. The Hall–Kier alpha value is -1.10. The van der Waals surface area contributed by atoms with Crippen molar-refractivity contribution in [3.8, 4) is 0 Å². The van der Waals surface area contributed by atoms with Gasteiger partial charge in [-0.15, -0.1) is 0 Å². The lowest BCUT2D eigenvalue weighted by molar-refractivity contribution is 0.0202. The van der Waals surface area contributed by atoms with Crippen molar-refractivity contribution in [1.29, 1.82) is 0 Å². The van der Waals surface area contributed by atoms with Crippen molar-refractivity contribution in [1.82, 2.24) is 4.90 Å². The predicted molar refractivity (Wildman–Crippen MR) is 77.6 cm³/mol. The minimum atomic E-state index is -0.372. The molecule has 106 valence electrons. The van der Waals surface area contributed by atoms with Crippen LogP contribution in [0.5, 0.6) is 0 Å². The number of aliphatic hydroxyl groups is 1. The summed E-state index contributed by atoms with van der Waals surface area (Å²) < 4.78 is 5.24. The number of benzene rings is 1. The molecule has 2 rings (SSSR count). The fourth-order valence-corrected chi connectivity index (χ4v) is 2.43. The number of ether oxygens (including phenoxy) is 1. The first-order valence-corrected chi connectivity index (χ1v) is 7.07.